The molecule has 1 N–H and O–H groups in total. The summed E-state index contributed by atoms with van der Waals surface area (Å²) in [5, 5.41) is 5.15. The van der Waals surface area contributed by atoms with Gasteiger partial charge in [-0.2, -0.15) is 0 Å². The number of nitrogens with one attached hydrogen (secondary N) is 1. The zero-order valence-corrected chi connectivity index (χ0v) is 11.5. The van der Waals surface area contributed by atoms with Crippen molar-refractivity contribution in [1.29, 1.82) is 0 Å². The van der Waals surface area contributed by atoms with Crippen LogP contribution in [0, 0.1) is 0 Å². The van der Waals surface area contributed by atoms with E-state index in [0.717, 1.165) is 17.1 Å². The quantitative estimate of drug-likeness (QED) is 0.757. The average molecular weight is 289 g/mol. The van der Waals surface area contributed by atoms with Crippen molar-refractivity contribution in [2.75, 3.05) is 20.3 Å². The maximum atomic E-state index is 11.9. The maximum absolute atomic E-state index is 11.9. The number of imidazole rings is 1. The third-order valence-electron chi connectivity index (χ3n) is 2.86. The van der Waals surface area contributed by atoms with Crippen LogP contribution >= 0.6 is 11.3 Å². The number of rotatable bonds is 8. The molecule has 0 spiro atoms. The first-order valence-electron chi connectivity index (χ1n) is 6.13. The second-order valence-corrected chi connectivity index (χ2v) is 5.14. The fourth-order valence-electron chi connectivity index (χ4n) is 1.87. The van der Waals surface area contributed by atoms with Crippen LogP contribution in [-0.4, -0.2) is 42.1 Å². The highest BCUT2D eigenvalue weighted by Crippen LogP contribution is 2.13. The van der Waals surface area contributed by atoms with E-state index < -0.39 is 13.0 Å². The van der Waals surface area contributed by atoms with E-state index in [1.54, 1.807) is 11.3 Å². The lowest BCUT2D eigenvalue weighted by Gasteiger charge is -2.14. The van der Waals surface area contributed by atoms with Crippen LogP contribution in [0.4, 0.5) is 8.78 Å². The van der Waals surface area contributed by atoms with E-state index in [1.165, 1.54) is 0 Å². The number of ether oxygens (including phenoxy) is 1. The third-order valence-corrected chi connectivity index (χ3v) is 3.63. The molecule has 2 aromatic rings. The summed E-state index contributed by atoms with van der Waals surface area (Å²) in [6.45, 7) is -0.158. The third kappa shape index (κ3) is 4.22. The van der Waals surface area contributed by atoms with E-state index in [-0.39, 0.29) is 6.04 Å². The Balaban J connectivity index is 1.80. The molecule has 0 radical (unpaired) electrons. The Morgan fingerprint density at radius 3 is 3.05 bits per heavy atom. The Bertz CT molecular complexity index is 471. The van der Waals surface area contributed by atoms with Gasteiger partial charge in [-0.15, -0.1) is 11.3 Å². The van der Waals surface area contributed by atoms with Crippen LogP contribution < -0.4 is 5.32 Å². The van der Waals surface area contributed by atoms with Crippen molar-refractivity contribution >= 4 is 16.3 Å². The van der Waals surface area contributed by atoms with Crippen molar-refractivity contribution in [3.8, 4) is 0 Å². The van der Waals surface area contributed by atoms with Crippen molar-refractivity contribution in [2.24, 2.45) is 0 Å². The smallest absolute Gasteiger partial charge is 0.261 e. The summed E-state index contributed by atoms with van der Waals surface area (Å²) in [6.07, 6.45) is 3.03. The largest absolute Gasteiger partial charge is 0.375 e. The molecular weight excluding hydrogens is 272 g/mol. The molecule has 2 aromatic heterocycles. The number of aromatic nitrogens is 2. The molecule has 4 nitrogen and oxygen atoms in total. The number of hydrogen-bond acceptors (Lipinski definition) is 4. The molecule has 0 aliphatic rings. The number of likely N-dealkylation sites (N-methyl/N-ethyl adjacent to an activating group) is 1. The first-order chi connectivity index (χ1) is 9.19. The molecular formula is C12H17F2N3OS. The van der Waals surface area contributed by atoms with Gasteiger partial charge in [0.1, 0.15) is 6.61 Å². The molecule has 2 heterocycles. The summed E-state index contributed by atoms with van der Waals surface area (Å²) in [4.78, 5) is 5.47. The minimum Gasteiger partial charge on any atom is -0.375 e. The molecule has 19 heavy (non-hydrogen) atoms. The monoisotopic (exact) mass is 289 g/mol. The highest BCUT2D eigenvalue weighted by molar-refractivity contribution is 7.15. The van der Waals surface area contributed by atoms with E-state index in [1.807, 2.05) is 29.2 Å². The van der Waals surface area contributed by atoms with Crippen LogP contribution in [0.25, 0.3) is 4.96 Å². The van der Waals surface area contributed by atoms with Gasteiger partial charge in [-0.05, 0) is 13.5 Å². The zero-order valence-electron chi connectivity index (χ0n) is 10.7. The van der Waals surface area contributed by atoms with E-state index in [2.05, 4.69) is 10.3 Å². The molecule has 1 unspecified atom stereocenters. The summed E-state index contributed by atoms with van der Waals surface area (Å²) in [6, 6.07) is 0.183. The predicted octanol–water partition coefficient (Wildman–Crippen LogP) is 2.20. The van der Waals surface area contributed by atoms with Crippen LogP contribution in [0.3, 0.4) is 0 Å². The van der Waals surface area contributed by atoms with Crippen LogP contribution in [-0.2, 0) is 11.2 Å². The molecule has 0 aliphatic heterocycles. The van der Waals surface area contributed by atoms with E-state index in [4.69, 9.17) is 4.74 Å². The van der Waals surface area contributed by atoms with Crippen molar-refractivity contribution in [2.45, 2.75) is 25.3 Å². The average Bonchev–Trinajstić information content (AvgIpc) is 2.93. The Morgan fingerprint density at radius 1 is 1.53 bits per heavy atom. The number of nitrogens with zero attached hydrogens (tertiary/aromatic N) is 2. The van der Waals surface area contributed by atoms with Gasteiger partial charge in [-0.25, -0.2) is 13.8 Å². The molecule has 106 valence electrons. The van der Waals surface area contributed by atoms with Crippen LogP contribution in [0.5, 0.6) is 0 Å². The lowest BCUT2D eigenvalue weighted by atomic mass is 10.1. The normalized spacial score (nSPS) is 13.5. The van der Waals surface area contributed by atoms with Gasteiger partial charge < -0.3 is 10.1 Å². The van der Waals surface area contributed by atoms with E-state index in [0.29, 0.717) is 13.0 Å². The van der Waals surface area contributed by atoms with Gasteiger partial charge in [0.15, 0.2) is 4.96 Å². The fourth-order valence-corrected chi connectivity index (χ4v) is 2.59. The first-order valence-corrected chi connectivity index (χ1v) is 7.01. The molecule has 0 aliphatic carbocycles. The van der Waals surface area contributed by atoms with Crippen molar-refractivity contribution in [3.63, 3.8) is 0 Å². The fraction of sp³-hybridized carbons (Fsp3) is 0.583. The Labute approximate surface area is 114 Å². The Morgan fingerprint density at radius 2 is 2.37 bits per heavy atom. The molecule has 0 saturated carbocycles. The van der Waals surface area contributed by atoms with Gasteiger partial charge in [-0.3, -0.25) is 4.40 Å². The van der Waals surface area contributed by atoms with Crippen LogP contribution in [0.15, 0.2) is 17.8 Å². The minimum absolute atomic E-state index is 0.183. The van der Waals surface area contributed by atoms with Crippen LogP contribution in [0.1, 0.15) is 12.1 Å². The lowest BCUT2D eigenvalue weighted by Crippen LogP contribution is -2.29. The van der Waals surface area contributed by atoms with Gasteiger partial charge >= 0.3 is 0 Å². The summed E-state index contributed by atoms with van der Waals surface area (Å²) >= 11 is 1.59. The summed E-state index contributed by atoms with van der Waals surface area (Å²) in [7, 11) is 1.86. The molecule has 1 atom stereocenters. The van der Waals surface area contributed by atoms with Gasteiger partial charge in [0, 0.05) is 36.8 Å². The molecule has 0 aromatic carbocycles. The number of thiazole rings is 1. The van der Waals surface area contributed by atoms with Gasteiger partial charge in [0.05, 0.1) is 5.69 Å². The highest BCUT2D eigenvalue weighted by Gasteiger charge is 2.11. The minimum atomic E-state index is -2.40. The second-order valence-electron chi connectivity index (χ2n) is 4.27. The van der Waals surface area contributed by atoms with Crippen LogP contribution in [0.2, 0.25) is 0 Å². The van der Waals surface area contributed by atoms with Crippen molar-refractivity contribution in [3.05, 3.63) is 23.5 Å². The Kier molecular flexibility index (Phi) is 5.24. The molecule has 7 heteroatoms. The first kappa shape index (κ1) is 14.4. The molecule has 0 fully saturated rings. The van der Waals surface area contributed by atoms with Gasteiger partial charge in [0.2, 0.25) is 0 Å². The SMILES string of the molecule is CNC(CCOCC(F)F)Cc1cn2ccsc2n1. The second kappa shape index (κ2) is 6.93. The standard InChI is InChI=1S/C12H17F2N3OS/c1-15-9(2-4-18-8-11(13)14)6-10-7-17-3-5-19-12(17)16-10/h3,5,7,9,11,15H,2,4,6,8H2,1H3. The van der Waals surface area contributed by atoms with E-state index >= 15 is 0 Å². The molecule has 0 bridgehead atoms. The summed E-state index contributed by atoms with van der Waals surface area (Å²) in [5.74, 6) is 0. The number of halogens is 2. The van der Waals surface area contributed by atoms with Gasteiger partial charge in [-0.1, -0.05) is 0 Å². The maximum Gasteiger partial charge on any atom is 0.261 e. The van der Waals surface area contributed by atoms with Crippen molar-refractivity contribution in [1.82, 2.24) is 14.7 Å². The zero-order chi connectivity index (χ0) is 13.7. The number of fused-ring (bicyclic) bond motifs is 1. The summed E-state index contributed by atoms with van der Waals surface area (Å²) in [5.41, 5.74) is 1.00. The topological polar surface area (TPSA) is 38.6 Å². The highest BCUT2D eigenvalue weighted by atomic mass is 32.1. The summed E-state index contributed by atoms with van der Waals surface area (Å²) < 4.78 is 30.7. The van der Waals surface area contributed by atoms with Crippen molar-refractivity contribution < 1.29 is 13.5 Å². The predicted molar refractivity (Wildman–Crippen MR) is 71.1 cm³/mol. The van der Waals surface area contributed by atoms with Gasteiger partial charge in [0.25, 0.3) is 6.43 Å². The van der Waals surface area contributed by atoms with E-state index in [9.17, 15) is 8.78 Å². The lowest BCUT2D eigenvalue weighted by molar-refractivity contribution is 0.0146. The number of hydrogen-bond donors (Lipinski definition) is 1. The Hall–Kier alpha value is -1.05. The molecule has 2 rings (SSSR count). The number of alkyl halides is 2. The molecule has 0 amide bonds. The molecule has 0 saturated heterocycles.